The molecular formula is C11H11ClN2O3. The predicted molar refractivity (Wildman–Crippen MR) is 62.6 cm³/mol. The minimum atomic E-state index is -0.367. The number of aromatic nitrogens is 1. The molecule has 1 aliphatic heterocycles. The van der Waals surface area contributed by atoms with E-state index in [0.29, 0.717) is 24.1 Å². The highest BCUT2D eigenvalue weighted by molar-refractivity contribution is 6.30. The van der Waals surface area contributed by atoms with E-state index in [2.05, 4.69) is 10.3 Å². The second-order valence-corrected chi connectivity index (χ2v) is 3.85. The number of anilines is 1. The number of carbonyl (C=O) groups excluding carboxylic acids is 1. The standard InChI is InChI=1S/C11H11ClN2O3/c1-7-4-8(5-13-10(7)12)14-11(15)9-6-16-2-3-17-9/h4-6H,2-3H2,1H3,(H,14,15). The summed E-state index contributed by atoms with van der Waals surface area (Å²) in [5.74, 6) is -0.211. The SMILES string of the molecule is Cc1cc(NC(=O)C2=COCCO2)cnc1Cl. The highest BCUT2D eigenvalue weighted by Gasteiger charge is 2.15. The largest absolute Gasteiger partial charge is 0.494 e. The Labute approximate surface area is 103 Å². The summed E-state index contributed by atoms with van der Waals surface area (Å²) >= 11 is 5.79. The summed E-state index contributed by atoms with van der Waals surface area (Å²) in [7, 11) is 0. The number of amides is 1. The first-order valence-electron chi connectivity index (χ1n) is 5.05. The van der Waals surface area contributed by atoms with Crippen molar-refractivity contribution in [2.24, 2.45) is 0 Å². The Morgan fingerprint density at radius 2 is 2.35 bits per heavy atom. The Balaban J connectivity index is 2.07. The summed E-state index contributed by atoms with van der Waals surface area (Å²) in [6.07, 6.45) is 2.78. The highest BCUT2D eigenvalue weighted by atomic mass is 35.5. The van der Waals surface area contributed by atoms with Gasteiger partial charge in [-0.3, -0.25) is 4.79 Å². The van der Waals surface area contributed by atoms with E-state index in [1.165, 1.54) is 12.5 Å². The third-order valence-corrected chi connectivity index (χ3v) is 2.54. The van der Waals surface area contributed by atoms with Crippen LogP contribution in [-0.4, -0.2) is 24.1 Å². The normalized spacial score (nSPS) is 14.4. The molecule has 1 aromatic heterocycles. The van der Waals surface area contributed by atoms with Crippen LogP contribution in [0.5, 0.6) is 0 Å². The van der Waals surface area contributed by atoms with Crippen LogP contribution in [-0.2, 0) is 14.3 Å². The number of aryl methyl sites for hydroxylation is 1. The van der Waals surface area contributed by atoms with Crippen molar-refractivity contribution in [1.82, 2.24) is 4.98 Å². The van der Waals surface area contributed by atoms with E-state index >= 15 is 0 Å². The first-order chi connectivity index (χ1) is 8.16. The van der Waals surface area contributed by atoms with Crippen molar-refractivity contribution in [3.63, 3.8) is 0 Å². The van der Waals surface area contributed by atoms with Crippen LogP contribution >= 0.6 is 11.6 Å². The van der Waals surface area contributed by atoms with Crippen LogP contribution < -0.4 is 5.32 Å². The number of hydrogen-bond donors (Lipinski definition) is 1. The molecule has 1 N–H and O–H groups in total. The quantitative estimate of drug-likeness (QED) is 0.819. The Morgan fingerprint density at radius 1 is 1.53 bits per heavy atom. The number of halogens is 1. The molecule has 17 heavy (non-hydrogen) atoms. The molecule has 0 aliphatic carbocycles. The lowest BCUT2D eigenvalue weighted by Gasteiger charge is -2.15. The molecule has 0 saturated heterocycles. The van der Waals surface area contributed by atoms with E-state index in [-0.39, 0.29) is 11.7 Å². The molecule has 6 heteroatoms. The lowest BCUT2D eigenvalue weighted by Crippen LogP contribution is -2.21. The summed E-state index contributed by atoms with van der Waals surface area (Å²) < 4.78 is 10.1. The van der Waals surface area contributed by atoms with Crippen LogP contribution in [0, 0.1) is 6.92 Å². The Bertz CT molecular complexity index is 474. The van der Waals surface area contributed by atoms with Gasteiger partial charge in [-0.15, -0.1) is 0 Å². The minimum absolute atomic E-state index is 0.156. The maximum atomic E-state index is 11.7. The fourth-order valence-electron chi connectivity index (χ4n) is 1.31. The van der Waals surface area contributed by atoms with Gasteiger partial charge in [0.1, 0.15) is 24.6 Å². The van der Waals surface area contributed by atoms with Gasteiger partial charge in [0.05, 0.1) is 11.9 Å². The molecule has 0 radical (unpaired) electrons. The van der Waals surface area contributed by atoms with Crippen LogP contribution in [0.4, 0.5) is 5.69 Å². The van der Waals surface area contributed by atoms with Crippen molar-refractivity contribution in [1.29, 1.82) is 0 Å². The number of nitrogens with zero attached hydrogens (tertiary/aromatic N) is 1. The van der Waals surface area contributed by atoms with Crippen LogP contribution in [0.25, 0.3) is 0 Å². The topological polar surface area (TPSA) is 60.5 Å². The van der Waals surface area contributed by atoms with Crippen molar-refractivity contribution in [2.75, 3.05) is 18.5 Å². The van der Waals surface area contributed by atoms with Crippen molar-refractivity contribution in [3.05, 3.63) is 35.0 Å². The maximum Gasteiger partial charge on any atom is 0.294 e. The summed E-state index contributed by atoms with van der Waals surface area (Å²) in [4.78, 5) is 15.7. The highest BCUT2D eigenvalue weighted by Crippen LogP contribution is 2.17. The van der Waals surface area contributed by atoms with Gasteiger partial charge in [0.15, 0.2) is 0 Å². The van der Waals surface area contributed by atoms with Crippen LogP contribution in [0.1, 0.15) is 5.56 Å². The van der Waals surface area contributed by atoms with Crippen LogP contribution in [0.2, 0.25) is 5.15 Å². The Kier molecular flexibility index (Phi) is 3.49. The lowest BCUT2D eigenvalue weighted by atomic mass is 10.3. The second kappa shape index (κ2) is 5.05. The van der Waals surface area contributed by atoms with Crippen LogP contribution in [0.15, 0.2) is 24.3 Å². The fraction of sp³-hybridized carbons (Fsp3) is 0.273. The third kappa shape index (κ3) is 2.88. The maximum absolute atomic E-state index is 11.7. The lowest BCUT2D eigenvalue weighted by molar-refractivity contribution is -0.117. The predicted octanol–water partition coefficient (Wildman–Crippen LogP) is 1.87. The zero-order valence-electron chi connectivity index (χ0n) is 9.20. The molecule has 90 valence electrons. The number of pyridine rings is 1. The zero-order chi connectivity index (χ0) is 12.3. The van der Waals surface area contributed by atoms with Gasteiger partial charge < -0.3 is 14.8 Å². The molecule has 2 heterocycles. The van der Waals surface area contributed by atoms with Gasteiger partial charge in [-0.2, -0.15) is 0 Å². The van der Waals surface area contributed by atoms with E-state index in [9.17, 15) is 4.79 Å². The van der Waals surface area contributed by atoms with Crippen molar-refractivity contribution in [3.8, 4) is 0 Å². The van der Waals surface area contributed by atoms with E-state index in [1.807, 2.05) is 6.92 Å². The zero-order valence-corrected chi connectivity index (χ0v) is 9.95. The van der Waals surface area contributed by atoms with E-state index < -0.39 is 0 Å². The van der Waals surface area contributed by atoms with Gasteiger partial charge in [0, 0.05) is 0 Å². The molecule has 0 aromatic carbocycles. The van der Waals surface area contributed by atoms with Gasteiger partial charge in [-0.1, -0.05) is 11.6 Å². The van der Waals surface area contributed by atoms with E-state index in [0.717, 1.165) is 5.56 Å². The van der Waals surface area contributed by atoms with E-state index in [4.69, 9.17) is 21.1 Å². The average molecular weight is 255 g/mol. The molecule has 0 atom stereocenters. The van der Waals surface area contributed by atoms with Gasteiger partial charge in [-0.25, -0.2) is 4.98 Å². The first kappa shape index (κ1) is 11.7. The average Bonchev–Trinajstić information content (AvgIpc) is 2.35. The minimum Gasteiger partial charge on any atom is -0.494 e. The number of hydrogen-bond acceptors (Lipinski definition) is 4. The molecule has 5 nitrogen and oxygen atoms in total. The summed E-state index contributed by atoms with van der Waals surface area (Å²) in [6.45, 7) is 2.64. The van der Waals surface area contributed by atoms with Crippen molar-refractivity contribution in [2.45, 2.75) is 6.92 Å². The molecule has 1 aliphatic rings. The van der Waals surface area contributed by atoms with Crippen molar-refractivity contribution >= 4 is 23.2 Å². The monoisotopic (exact) mass is 254 g/mol. The Morgan fingerprint density at radius 3 is 3.00 bits per heavy atom. The van der Waals surface area contributed by atoms with Gasteiger partial charge in [-0.05, 0) is 18.6 Å². The molecule has 1 amide bonds. The first-order valence-corrected chi connectivity index (χ1v) is 5.42. The molecule has 0 saturated carbocycles. The summed E-state index contributed by atoms with van der Waals surface area (Å²) in [6, 6.07) is 1.73. The Hall–Kier alpha value is -1.75. The number of nitrogens with one attached hydrogen (secondary N) is 1. The third-order valence-electron chi connectivity index (χ3n) is 2.15. The van der Waals surface area contributed by atoms with Gasteiger partial charge in [0.2, 0.25) is 5.76 Å². The summed E-state index contributed by atoms with van der Waals surface area (Å²) in [5, 5.41) is 3.06. The van der Waals surface area contributed by atoms with Crippen LogP contribution in [0.3, 0.4) is 0 Å². The molecule has 0 bridgehead atoms. The van der Waals surface area contributed by atoms with Crippen molar-refractivity contribution < 1.29 is 14.3 Å². The molecule has 0 spiro atoms. The number of ether oxygens (including phenoxy) is 2. The molecule has 0 fully saturated rings. The van der Waals surface area contributed by atoms with Gasteiger partial charge in [0.25, 0.3) is 5.91 Å². The second-order valence-electron chi connectivity index (χ2n) is 3.49. The smallest absolute Gasteiger partial charge is 0.294 e. The molecular weight excluding hydrogens is 244 g/mol. The number of rotatable bonds is 2. The fourth-order valence-corrected chi connectivity index (χ4v) is 1.41. The van der Waals surface area contributed by atoms with Gasteiger partial charge >= 0.3 is 0 Å². The molecule has 0 unspecified atom stereocenters. The number of carbonyl (C=O) groups is 1. The van der Waals surface area contributed by atoms with E-state index in [1.54, 1.807) is 6.07 Å². The molecule has 2 rings (SSSR count). The summed E-state index contributed by atoms with van der Waals surface area (Å²) in [5.41, 5.74) is 1.35. The molecule has 1 aromatic rings.